The van der Waals surface area contributed by atoms with Gasteiger partial charge in [0.15, 0.2) is 11.5 Å². The Kier molecular flexibility index (Phi) is 2.64. The molecular formula is C8H9N5O3. The van der Waals surface area contributed by atoms with Crippen LogP contribution in [-0.2, 0) is 4.79 Å². The molecule has 0 unspecified atom stereocenters. The second kappa shape index (κ2) is 4.11. The number of imidazole rings is 1. The molecule has 2 rings (SSSR count). The van der Waals surface area contributed by atoms with Crippen molar-refractivity contribution in [3.63, 3.8) is 0 Å². The van der Waals surface area contributed by atoms with Gasteiger partial charge in [-0.1, -0.05) is 0 Å². The Balaban J connectivity index is 2.33. The van der Waals surface area contributed by atoms with E-state index in [4.69, 9.17) is 10.2 Å². The summed E-state index contributed by atoms with van der Waals surface area (Å²) in [6, 6.07) is -1.11. The average Bonchev–Trinajstić information content (AvgIpc) is 2.73. The van der Waals surface area contributed by atoms with Gasteiger partial charge >= 0.3 is 5.97 Å². The van der Waals surface area contributed by atoms with Gasteiger partial charge in [0.05, 0.1) is 12.9 Å². The number of aromatic amines is 1. The molecule has 0 aromatic carbocycles. The van der Waals surface area contributed by atoms with Gasteiger partial charge in [-0.15, -0.1) is 0 Å². The van der Waals surface area contributed by atoms with E-state index in [9.17, 15) is 4.79 Å². The molecule has 0 aliphatic heterocycles. The molecule has 2 aromatic rings. The lowest BCUT2D eigenvalue weighted by Gasteiger charge is -2.11. The summed E-state index contributed by atoms with van der Waals surface area (Å²) in [6.45, 7) is -0.533. The number of aromatic nitrogens is 4. The molecule has 84 valence electrons. The monoisotopic (exact) mass is 223 g/mol. The number of fused-ring (bicyclic) bond motifs is 1. The Labute approximate surface area is 89.4 Å². The largest absolute Gasteiger partial charge is 0.480 e. The van der Waals surface area contributed by atoms with Crippen LogP contribution in [0.15, 0.2) is 12.7 Å². The zero-order chi connectivity index (χ0) is 11.5. The summed E-state index contributed by atoms with van der Waals surface area (Å²) in [6.07, 6.45) is 2.70. The number of carboxylic acid groups (broad SMARTS) is 1. The first-order valence-corrected chi connectivity index (χ1v) is 4.46. The number of carbonyl (C=O) groups is 1. The third kappa shape index (κ3) is 1.77. The first kappa shape index (κ1) is 10.3. The Morgan fingerprint density at radius 1 is 1.50 bits per heavy atom. The Morgan fingerprint density at radius 2 is 2.31 bits per heavy atom. The summed E-state index contributed by atoms with van der Waals surface area (Å²) in [5, 5.41) is 20.2. The average molecular weight is 223 g/mol. The number of anilines is 1. The van der Waals surface area contributed by atoms with Crippen LogP contribution < -0.4 is 5.32 Å². The molecule has 1 atom stereocenters. The molecule has 0 saturated heterocycles. The van der Waals surface area contributed by atoms with Crippen LogP contribution in [0.2, 0.25) is 0 Å². The number of aliphatic hydroxyl groups is 1. The lowest BCUT2D eigenvalue weighted by molar-refractivity contribution is -0.138. The van der Waals surface area contributed by atoms with Crippen molar-refractivity contribution in [1.82, 2.24) is 19.9 Å². The van der Waals surface area contributed by atoms with Gasteiger partial charge in [-0.2, -0.15) is 0 Å². The third-order valence-electron chi connectivity index (χ3n) is 2.01. The maximum Gasteiger partial charge on any atom is 0.328 e. The molecule has 2 aromatic heterocycles. The second-order valence-corrected chi connectivity index (χ2v) is 3.04. The van der Waals surface area contributed by atoms with Gasteiger partial charge < -0.3 is 20.5 Å². The minimum absolute atomic E-state index is 0.295. The van der Waals surface area contributed by atoms with Crippen molar-refractivity contribution in [2.45, 2.75) is 6.04 Å². The minimum atomic E-state index is -1.16. The highest BCUT2D eigenvalue weighted by Crippen LogP contribution is 2.15. The zero-order valence-corrected chi connectivity index (χ0v) is 8.08. The van der Waals surface area contributed by atoms with E-state index in [-0.39, 0.29) is 0 Å². The predicted molar refractivity (Wildman–Crippen MR) is 53.8 cm³/mol. The van der Waals surface area contributed by atoms with Crippen molar-refractivity contribution in [2.75, 3.05) is 11.9 Å². The summed E-state index contributed by atoms with van der Waals surface area (Å²) in [4.78, 5) is 25.2. The van der Waals surface area contributed by atoms with E-state index in [1.165, 1.54) is 12.7 Å². The molecule has 0 saturated carbocycles. The minimum Gasteiger partial charge on any atom is -0.480 e. The molecule has 8 heteroatoms. The van der Waals surface area contributed by atoms with Gasteiger partial charge in [0.1, 0.15) is 17.9 Å². The van der Waals surface area contributed by atoms with Gasteiger partial charge in [0.25, 0.3) is 0 Å². The molecule has 0 amide bonds. The van der Waals surface area contributed by atoms with E-state index in [0.29, 0.717) is 17.0 Å². The Bertz CT molecular complexity index is 511. The highest BCUT2D eigenvalue weighted by atomic mass is 16.4. The molecule has 0 aliphatic rings. The van der Waals surface area contributed by atoms with Crippen LogP contribution in [0.25, 0.3) is 11.2 Å². The maximum absolute atomic E-state index is 10.7. The van der Waals surface area contributed by atoms with E-state index in [2.05, 4.69) is 25.3 Å². The summed E-state index contributed by atoms with van der Waals surface area (Å²) in [7, 11) is 0. The molecular weight excluding hydrogens is 214 g/mol. The molecule has 2 heterocycles. The number of aliphatic hydroxyl groups excluding tert-OH is 1. The fraction of sp³-hybridized carbons (Fsp3) is 0.250. The molecule has 8 nitrogen and oxygen atoms in total. The molecule has 0 radical (unpaired) electrons. The smallest absolute Gasteiger partial charge is 0.328 e. The topological polar surface area (TPSA) is 124 Å². The van der Waals surface area contributed by atoms with E-state index < -0.39 is 18.6 Å². The number of hydrogen-bond donors (Lipinski definition) is 4. The molecule has 0 bridgehead atoms. The molecule has 0 spiro atoms. The number of rotatable bonds is 4. The quantitative estimate of drug-likeness (QED) is 0.535. The van der Waals surface area contributed by atoms with Gasteiger partial charge in [-0.25, -0.2) is 19.7 Å². The van der Waals surface area contributed by atoms with Crippen LogP contribution >= 0.6 is 0 Å². The number of aliphatic carboxylic acids is 1. The van der Waals surface area contributed by atoms with E-state index in [1.807, 2.05) is 0 Å². The standard InChI is InChI=1S/C8H9N5O3/c14-1-4(8(15)16)13-7-5-6(10-2-9-5)11-3-12-7/h2-4,14H,1H2,(H,15,16)(H2,9,10,11,12,13)/t4-/m1/s1. The van der Waals surface area contributed by atoms with Gasteiger partial charge in [-0.3, -0.25) is 0 Å². The first-order valence-electron chi connectivity index (χ1n) is 4.46. The lowest BCUT2D eigenvalue weighted by Crippen LogP contribution is -2.33. The zero-order valence-electron chi connectivity index (χ0n) is 8.08. The number of nitrogens with zero attached hydrogens (tertiary/aromatic N) is 3. The van der Waals surface area contributed by atoms with Gasteiger partial charge in [0, 0.05) is 0 Å². The second-order valence-electron chi connectivity index (χ2n) is 3.04. The Hall–Kier alpha value is -2.22. The maximum atomic E-state index is 10.7. The number of nitrogens with one attached hydrogen (secondary N) is 2. The normalized spacial score (nSPS) is 12.6. The summed E-state index contributed by atoms with van der Waals surface area (Å²) < 4.78 is 0. The highest BCUT2D eigenvalue weighted by Gasteiger charge is 2.18. The SMILES string of the molecule is O=C(O)[C@@H](CO)Nc1ncnc2nc[nH]c12. The van der Waals surface area contributed by atoms with Crippen LogP contribution in [0.3, 0.4) is 0 Å². The van der Waals surface area contributed by atoms with Crippen molar-refractivity contribution in [1.29, 1.82) is 0 Å². The summed E-state index contributed by atoms with van der Waals surface area (Å²) in [5.41, 5.74) is 0.932. The van der Waals surface area contributed by atoms with Crippen LogP contribution in [0.1, 0.15) is 0 Å². The first-order chi connectivity index (χ1) is 7.72. The van der Waals surface area contributed by atoms with Crippen LogP contribution in [-0.4, -0.2) is 48.8 Å². The van der Waals surface area contributed by atoms with E-state index in [0.717, 1.165) is 0 Å². The molecule has 0 fully saturated rings. The van der Waals surface area contributed by atoms with Gasteiger partial charge in [0.2, 0.25) is 0 Å². The fourth-order valence-corrected chi connectivity index (χ4v) is 1.22. The van der Waals surface area contributed by atoms with Crippen LogP contribution in [0.4, 0.5) is 5.82 Å². The van der Waals surface area contributed by atoms with Crippen LogP contribution in [0, 0.1) is 0 Å². The Morgan fingerprint density at radius 3 is 3.00 bits per heavy atom. The van der Waals surface area contributed by atoms with Crippen molar-refractivity contribution < 1.29 is 15.0 Å². The molecule has 16 heavy (non-hydrogen) atoms. The number of hydrogen-bond acceptors (Lipinski definition) is 6. The predicted octanol–water partition coefficient (Wildman–Crippen LogP) is -0.790. The van der Waals surface area contributed by atoms with E-state index in [1.54, 1.807) is 0 Å². The van der Waals surface area contributed by atoms with Crippen LogP contribution in [0.5, 0.6) is 0 Å². The fourth-order valence-electron chi connectivity index (χ4n) is 1.22. The third-order valence-corrected chi connectivity index (χ3v) is 2.01. The number of carboxylic acids is 1. The van der Waals surface area contributed by atoms with E-state index >= 15 is 0 Å². The van der Waals surface area contributed by atoms with Crippen molar-refractivity contribution in [2.24, 2.45) is 0 Å². The molecule has 0 aliphatic carbocycles. The van der Waals surface area contributed by atoms with Gasteiger partial charge in [-0.05, 0) is 0 Å². The molecule has 4 N–H and O–H groups in total. The summed E-state index contributed by atoms with van der Waals surface area (Å²) in [5.74, 6) is -0.863. The lowest BCUT2D eigenvalue weighted by atomic mass is 10.3. The highest BCUT2D eigenvalue weighted by molar-refractivity contribution is 5.85. The van der Waals surface area contributed by atoms with Crippen molar-refractivity contribution in [3.8, 4) is 0 Å². The van der Waals surface area contributed by atoms with Crippen molar-refractivity contribution in [3.05, 3.63) is 12.7 Å². The summed E-state index contributed by atoms with van der Waals surface area (Å²) >= 11 is 0. The van der Waals surface area contributed by atoms with Crippen molar-refractivity contribution >= 4 is 23.0 Å². The number of H-pyrrole nitrogens is 1.